The number of halogens is 1. The van der Waals surface area contributed by atoms with Crippen LogP contribution in [0.2, 0.25) is 5.02 Å². The van der Waals surface area contributed by atoms with Crippen molar-refractivity contribution < 1.29 is 4.79 Å². The molecule has 10 heteroatoms. The lowest BCUT2D eigenvalue weighted by Gasteiger charge is -2.06. The van der Waals surface area contributed by atoms with Crippen molar-refractivity contribution in [2.24, 2.45) is 0 Å². The molecule has 0 bridgehead atoms. The van der Waals surface area contributed by atoms with Crippen molar-refractivity contribution in [2.75, 3.05) is 16.4 Å². The number of anilines is 3. The summed E-state index contributed by atoms with van der Waals surface area (Å²) in [6.07, 6.45) is 3.00. The summed E-state index contributed by atoms with van der Waals surface area (Å²) in [4.78, 5) is 13.6. The Morgan fingerprint density at radius 1 is 1.34 bits per heavy atom. The first-order valence-corrected chi connectivity index (χ1v) is 11.9. The fraction of sp³-hybridized carbons (Fsp3) is 0.263. The van der Waals surface area contributed by atoms with E-state index in [0.717, 1.165) is 36.1 Å². The fourth-order valence-electron chi connectivity index (χ4n) is 3.08. The first kappa shape index (κ1) is 20.2. The molecule has 2 aromatic heterocycles. The number of hydrogen-bond acceptors (Lipinski definition) is 8. The number of nitrogens with one attached hydrogen (secondary N) is 2. The van der Waals surface area contributed by atoms with Gasteiger partial charge in [0.1, 0.15) is 11.1 Å². The van der Waals surface area contributed by atoms with Gasteiger partial charge >= 0.3 is 0 Å². The van der Waals surface area contributed by atoms with Gasteiger partial charge in [0.25, 0.3) is 0 Å². The summed E-state index contributed by atoms with van der Waals surface area (Å²) in [5, 5.41) is 25.8. The van der Waals surface area contributed by atoms with E-state index in [2.05, 4.69) is 26.9 Å². The highest BCUT2D eigenvalue weighted by Crippen LogP contribution is 2.38. The van der Waals surface area contributed by atoms with Gasteiger partial charge in [-0.25, -0.2) is 0 Å². The monoisotopic (exact) mass is 461 g/mol. The van der Waals surface area contributed by atoms with E-state index >= 15 is 0 Å². The molecule has 6 nitrogen and oxygen atoms in total. The number of hydrogen-bond donors (Lipinski definition) is 2. The van der Waals surface area contributed by atoms with Crippen LogP contribution >= 0.6 is 46.0 Å². The van der Waals surface area contributed by atoms with Gasteiger partial charge in [0.05, 0.1) is 11.3 Å². The molecule has 4 rings (SSSR count). The molecule has 0 radical (unpaired) electrons. The Hall–Kier alpha value is -2.12. The number of nitriles is 1. The molecule has 2 heterocycles. The predicted molar refractivity (Wildman–Crippen MR) is 120 cm³/mol. The van der Waals surface area contributed by atoms with Crippen LogP contribution in [-0.4, -0.2) is 21.9 Å². The minimum atomic E-state index is -0.151. The van der Waals surface area contributed by atoms with Crippen LogP contribution in [-0.2, 0) is 17.6 Å². The highest BCUT2D eigenvalue weighted by atomic mass is 35.5. The maximum Gasteiger partial charge on any atom is 0.235 e. The van der Waals surface area contributed by atoms with E-state index in [0.29, 0.717) is 25.1 Å². The third-order valence-corrected chi connectivity index (χ3v) is 8.12. The van der Waals surface area contributed by atoms with Crippen molar-refractivity contribution in [3.8, 4) is 6.07 Å². The molecular formula is C19H16ClN5OS3. The number of thiophene rings is 1. The van der Waals surface area contributed by atoms with Crippen molar-refractivity contribution in [3.05, 3.63) is 44.8 Å². The second-order valence-electron chi connectivity index (χ2n) is 6.42. The van der Waals surface area contributed by atoms with Crippen molar-refractivity contribution >= 4 is 67.8 Å². The summed E-state index contributed by atoms with van der Waals surface area (Å²) < 4.78 is 0.691. The zero-order valence-electron chi connectivity index (χ0n) is 15.4. The summed E-state index contributed by atoms with van der Waals surface area (Å²) in [7, 11) is 0. The first-order chi connectivity index (χ1) is 14.0. The van der Waals surface area contributed by atoms with Gasteiger partial charge in [-0.3, -0.25) is 4.79 Å². The van der Waals surface area contributed by atoms with Crippen LogP contribution in [0.15, 0.2) is 22.5 Å². The number of carbonyl (C=O) groups excluding carboxylic acids is 1. The Kier molecular flexibility index (Phi) is 6.06. The lowest BCUT2D eigenvalue weighted by atomic mass is 10.1. The molecule has 1 aliphatic rings. The molecule has 29 heavy (non-hydrogen) atoms. The first-order valence-electron chi connectivity index (χ1n) is 8.88. The third kappa shape index (κ3) is 4.41. The molecule has 0 aliphatic heterocycles. The van der Waals surface area contributed by atoms with E-state index in [-0.39, 0.29) is 11.7 Å². The summed E-state index contributed by atoms with van der Waals surface area (Å²) in [5.74, 6) is 0.0555. The molecule has 1 aliphatic carbocycles. The molecule has 1 amide bonds. The molecule has 0 saturated heterocycles. The summed E-state index contributed by atoms with van der Waals surface area (Å²) in [6.45, 7) is 1.93. The number of thioether (sulfide) groups is 1. The van der Waals surface area contributed by atoms with Crippen LogP contribution in [0.25, 0.3) is 0 Å². The number of nitrogens with zero attached hydrogens (tertiary/aromatic N) is 3. The standard InChI is InChI=1S/C19H16ClN5OS3/c1-10-13(20)5-3-6-14(10)22-18-24-25-19(29-18)27-9-16(26)23-17-12(8-21)11-4-2-7-15(11)28-17/h3,5-6H,2,4,7,9H2,1H3,(H,22,24)(H,23,26). The summed E-state index contributed by atoms with van der Waals surface area (Å²) >= 11 is 10.4. The number of aromatic nitrogens is 2. The Balaban J connectivity index is 1.35. The van der Waals surface area contributed by atoms with E-state index in [1.54, 1.807) is 0 Å². The Labute approximate surface area is 185 Å². The average molecular weight is 462 g/mol. The van der Waals surface area contributed by atoms with Crippen LogP contribution in [0.5, 0.6) is 0 Å². The van der Waals surface area contributed by atoms with Gasteiger partial charge in [0.2, 0.25) is 11.0 Å². The van der Waals surface area contributed by atoms with Crippen molar-refractivity contribution in [2.45, 2.75) is 30.5 Å². The zero-order chi connectivity index (χ0) is 20.4. The van der Waals surface area contributed by atoms with E-state index in [1.165, 1.54) is 39.3 Å². The molecule has 0 unspecified atom stereocenters. The number of aryl methyl sites for hydroxylation is 1. The maximum atomic E-state index is 12.4. The molecule has 148 valence electrons. The van der Waals surface area contributed by atoms with E-state index in [1.807, 2.05) is 25.1 Å². The van der Waals surface area contributed by atoms with Gasteiger partial charge in [-0.05, 0) is 49.4 Å². The molecule has 1 aromatic carbocycles. The SMILES string of the molecule is Cc1c(Cl)cccc1Nc1nnc(SCC(=O)Nc2sc3c(c2C#N)CCC3)s1. The second kappa shape index (κ2) is 8.71. The summed E-state index contributed by atoms with van der Waals surface area (Å²) in [5.41, 5.74) is 3.54. The number of carbonyl (C=O) groups is 1. The van der Waals surface area contributed by atoms with Crippen molar-refractivity contribution in [1.29, 1.82) is 5.26 Å². The average Bonchev–Trinajstić information content (AvgIpc) is 3.40. The van der Waals surface area contributed by atoms with Crippen LogP contribution in [0, 0.1) is 18.3 Å². The molecule has 0 atom stereocenters. The van der Waals surface area contributed by atoms with E-state index in [9.17, 15) is 10.1 Å². The smallest absolute Gasteiger partial charge is 0.235 e. The lowest BCUT2D eigenvalue weighted by Crippen LogP contribution is -2.13. The van der Waals surface area contributed by atoms with Gasteiger partial charge in [0.15, 0.2) is 4.34 Å². The minimum absolute atomic E-state index is 0.151. The van der Waals surface area contributed by atoms with Gasteiger partial charge in [-0.1, -0.05) is 40.8 Å². The van der Waals surface area contributed by atoms with Gasteiger partial charge < -0.3 is 10.6 Å². The fourth-order valence-corrected chi connectivity index (χ4v) is 6.07. The Morgan fingerprint density at radius 2 is 2.21 bits per heavy atom. The highest BCUT2D eigenvalue weighted by Gasteiger charge is 2.23. The number of benzene rings is 1. The van der Waals surface area contributed by atoms with Gasteiger partial charge in [-0.15, -0.1) is 21.5 Å². The molecular weight excluding hydrogens is 446 g/mol. The van der Waals surface area contributed by atoms with Crippen LogP contribution in [0.3, 0.4) is 0 Å². The molecule has 0 saturated carbocycles. The molecule has 2 N–H and O–H groups in total. The molecule has 0 fully saturated rings. The predicted octanol–water partition coefficient (Wildman–Crippen LogP) is 5.40. The quantitative estimate of drug-likeness (QED) is 0.478. The van der Waals surface area contributed by atoms with Crippen molar-refractivity contribution in [3.63, 3.8) is 0 Å². The van der Waals surface area contributed by atoms with E-state index < -0.39 is 0 Å². The minimum Gasteiger partial charge on any atom is -0.330 e. The Bertz CT molecular complexity index is 1120. The lowest BCUT2D eigenvalue weighted by molar-refractivity contribution is -0.113. The van der Waals surface area contributed by atoms with Crippen molar-refractivity contribution in [1.82, 2.24) is 10.2 Å². The highest BCUT2D eigenvalue weighted by molar-refractivity contribution is 8.01. The van der Waals surface area contributed by atoms with Gasteiger partial charge in [0, 0.05) is 15.6 Å². The van der Waals surface area contributed by atoms with Crippen LogP contribution in [0.1, 0.15) is 28.0 Å². The topological polar surface area (TPSA) is 90.7 Å². The second-order valence-corrected chi connectivity index (χ2v) is 10.1. The normalized spacial score (nSPS) is 12.4. The third-order valence-electron chi connectivity index (χ3n) is 4.53. The maximum absolute atomic E-state index is 12.4. The zero-order valence-corrected chi connectivity index (χ0v) is 18.6. The number of amides is 1. The van der Waals surface area contributed by atoms with Crippen LogP contribution < -0.4 is 10.6 Å². The molecule has 0 spiro atoms. The van der Waals surface area contributed by atoms with Crippen LogP contribution in [0.4, 0.5) is 15.8 Å². The number of rotatable bonds is 6. The van der Waals surface area contributed by atoms with E-state index in [4.69, 9.17) is 11.6 Å². The Morgan fingerprint density at radius 3 is 3.03 bits per heavy atom. The largest absolute Gasteiger partial charge is 0.330 e. The summed E-state index contributed by atoms with van der Waals surface area (Å²) in [6, 6.07) is 7.87. The molecule has 3 aromatic rings. The van der Waals surface area contributed by atoms with Gasteiger partial charge in [-0.2, -0.15) is 5.26 Å². The number of fused-ring (bicyclic) bond motifs is 1.